The van der Waals surface area contributed by atoms with E-state index in [2.05, 4.69) is 26.1 Å². The first-order chi connectivity index (χ1) is 22.5. The maximum atomic E-state index is 13.7. The predicted octanol–water partition coefficient (Wildman–Crippen LogP) is 4.81. The van der Waals surface area contributed by atoms with Gasteiger partial charge in [0, 0.05) is 35.0 Å². The second-order valence-electron chi connectivity index (χ2n) is 12.7. The number of hydrogen-bond donors (Lipinski definition) is 6. The van der Waals surface area contributed by atoms with Crippen molar-refractivity contribution in [3.05, 3.63) is 83.0 Å². The molecule has 4 aromatic rings. The van der Waals surface area contributed by atoms with Crippen molar-refractivity contribution in [3.8, 4) is 11.1 Å². The van der Waals surface area contributed by atoms with Gasteiger partial charge in [0.1, 0.15) is 6.04 Å². The van der Waals surface area contributed by atoms with Gasteiger partial charge in [0.25, 0.3) is 5.91 Å². The van der Waals surface area contributed by atoms with E-state index < -0.39 is 17.9 Å². The quantitative estimate of drug-likeness (QED) is 0.136. The molecule has 3 aromatic carbocycles. The average molecular weight is 639 g/mol. The van der Waals surface area contributed by atoms with Crippen LogP contribution in [0.2, 0.25) is 0 Å². The molecule has 47 heavy (non-hydrogen) atoms. The normalized spacial score (nSPS) is 16.9. The molecule has 0 saturated heterocycles. The van der Waals surface area contributed by atoms with Crippen molar-refractivity contribution < 1.29 is 24.3 Å². The van der Waals surface area contributed by atoms with Crippen LogP contribution in [0.25, 0.3) is 22.0 Å². The van der Waals surface area contributed by atoms with Gasteiger partial charge in [0.2, 0.25) is 11.8 Å². The summed E-state index contributed by atoms with van der Waals surface area (Å²) < 4.78 is 0. The third kappa shape index (κ3) is 8.04. The molecular formula is C36H42N6O5. The van der Waals surface area contributed by atoms with E-state index in [0.717, 1.165) is 35.1 Å². The molecule has 0 aliphatic heterocycles. The largest absolute Gasteiger partial charge is 0.478 e. The van der Waals surface area contributed by atoms with Crippen molar-refractivity contribution in [2.45, 2.75) is 65.0 Å². The highest BCUT2D eigenvalue weighted by Gasteiger charge is 2.29. The van der Waals surface area contributed by atoms with Crippen LogP contribution >= 0.6 is 0 Å². The lowest BCUT2D eigenvalue weighted by molar-refractivity contribution is -0.130. The first kappa shape index (κ1) is 33.3. The lowest BCUT2D eigenvalue weighted by Crippen LogP contribution is -2.48. The standard InChI is InChI=1S/C36H42N6O5/c1-20(2)39-34(44)26-12-13-28(21(3)14-26)24-8-4-22(5-9-24)15-32(41-33(43)25-10-6-23(18-37)7-11-25)35(45)40-27-16-29(36(46)47)30-19-38-42-31(30)17-27/h4-5,8-9,12-14,16-17,19-20,23,25,32H,6-7,10-11,15,18,37H2,1-3H3,(H,38,42)(H,39,44)(H,40,45)(H,41,43)(H,46,47). The van der Waals surface area contributed by atoms with Crippen molar-refractivity contribution in [1.82, 2.24) is 20.8 Å². The van der Waals surface area contributed by atoms with Crippen LogP contribution in [0.15, 0.2) is 60.8 Å². The maximum absolute atomic E-state index is 13.7. The monoisotopic (exact) mass is 638 g/mol. The number of H-pyrrole nitrogens is 1. The number of aromatic amines is 1. The molecule has 1 saturated carbocycles. The van der Waals surface area contributed by atoms with Crippen molar-refractivity contribution in [2.24, 2.45) is 17.6 Å². The molecule has 7 N–H and O–H groups in total. The van der Waals surface area contributed by atoms with Crippen LogP contribution in [-0.4, -0.2) is 57.6 Å². The minimum Gasteiger partial charge on any atom is -0.478 e. The van der Waals surface area contributed by atoms with Gasteiger partial charge in [-0.15, -0.1) is 0 Å². The van der Waals surface area contributed by atoms with Gasteiger partial charge in [-0.05, 0) is 105 Å². The molecule has 3 amide bonds. The number of carbonyl (C=O) groups excluding carboxylic acids is 3. The Morgan fingerprint density at radius 1 is 0.979 bits per heavy atom. The summed E-state index contributed by atoms with van der Waals surface area (Å²) >= 11 is 0. The second kappa shape index (κ2) is 14.6. The summed E-state index contributed by atoms with van der Waals surface area (Å²) in [6.07, 6.45) is 4.83. The number of rotatable bonds is 11. The van der Waals surface area contributed by atoms with Crippen molar-refractivity contribution in [3.63, 3.8) is 0 Å². The number of nitrogens with zero attached hydrogens (tertiary/aromatic N) is 1. The Labute approximate surface area is 273 Å². The summed E-state index contributed by atoms with van der Waals surface area (Å²) in [6, 6.07) is 15.5. The molecule has 11 heteroatoms. The number of hydrogen-bond acceptors (Lipinski definition) is 6. The third-order valence-corrected chi connectivity index (χ3v) is 8.85. The molecule has 0 bridgehead atoms. The van der Waals surface area contributed by atoms with E-state index in [1.807, 2.05) is 57.2 Å². The van der Waals surface area contributed by atoms with E-state index in [4.69, 9.17) is 5.73 Å². The summed E-state index contributed by atoms with van der Waals surface area (Å²) in [5, 5.41) is 25.6. The number of carbonyl (C=O) groups is 4. The number of carboxylic acid groups (broad SMARTS) is 1. The van der Waals surface area contributed by atoms with Gasteiger partial charge in [-0.3, -0.25) is 19.5 Å². The van der Waals surface area contributed by atoms with Crippen molar-refractivity contribution in [2.75, 3.05) is 11.9 Å². The molecular weight excluding hydrogens is 596 g/mol. The smallest absolute Gasteiger partial charge is 0.336 e. The molecule has 0 spiro atoms. The van der Waals surface area contributed by atoms with Crippen LogP contribution in [0, 0.1) is 18.8 Å². The number of nitrogens with one attached hydrogen (secondary N) is 4. The Morgan fingerprint density at radius 2 is 1.70 bits per heavy atom. The van der Waals surface area contributed by atoms with Crippen LogP contribution in [0.5, 0.6) is 0 Å². The number of nitrogens with two attached hydrogens (primary N) is 1. The Bertz CT molecular complexity index is 1770. The fourth-order valence-electron chi connectivity index (χ4n) is 6.22. The molecule has 1 atom stereocenters. The van der Waals surface area contributed by atoms with Gasteiger partial charge < -0.3 is 26.8 Å². The second-order valence-corrected chi connectivity index (χ2v) is 12.7. The van der Waals surface area contributed by atoms with Crippen molar-refractivity contribution >= 4 is 40.3 Å². The highest BCUT2D eigenvalue weighted by atomic mass is 16.4. The van der Waals surface area contributed by atoms with E-state index >= 15 is 0 Å². The maximum Gasteiger partial charge on any atom is 0.336 e. The van der Waals surface area contributed by atoms with Crippen LogP contribution in [-0.2, 0) is 16.0 Å². The first-order valence-electron chi connectivity index (χ1n) is 16.0. The summed E-state index contributed by atoms with van der Waals surface area (Å²) in [4.78, 5) is 51.5. The minimum absolute atomic E-state index is 0.00302. The van der Waals surface area contributed by atoms with E-state index in [0.29, 0.717) is 41.8 Å². The van der Waals surface area contributed by atoms with E-state index in [9.17, 15) is 24.3 Å². The SMILES string of the molecule is Cc1cc(C(=O)NC(C)C)ccc1-c1ccc(CC(NC(=O)C2CCC(CN)CC2)C(=O)Nc2cc(C(=O)O)c3cn[nH]c3c2)cc1. The van der Waals surface area contributed by atoms with E-state index in [1.165, 1.54) is 12.3 Å². The van der Waals surface area contributed by atoms with Gasteiger partial charge >= 0.3 is 5.97 Å². The fourth-order valence-corrected chi connectivity index (χ4v) is 6.22. The zero-order valence-electron chi connectivity index (χ0n) is 26.9. The number of aromatic carboxylic acids is 1. The molecule has 1 unspecified atom stereocenters. The molecule has 1 aliphatic carbocycles. The summed E-state index contributed by atoms with van der Waals surface area (Å²) in [5.74, 6) is -1.69. The predicted molar refractivity (Wildman–Crippen MR) is 181 cm³/mol. The number of aromatic nitrogens is 2. The van der Waals surface area contributed by atoms with Gasteiger partial charge in [-0.1, -0.05) is 30.3 Å². The van der Waals surface area contributed by atoms with Gasteiger partial charge in [-0.25, -0.2) is 4.79 Å². The molecule has 1 aromatic heterocycles. The van der Waals surface area contributed by atoms with Crippen molar-refractivity contribution in [1.29, 1.82) is 0 Å². The minimum atomic E-state index is -1.14. The molecule has 5 rings (SSSR count). The molecule has 1 aliphatic rings. The summed E-state index contributed by atoms with van der Waals surface area (Å²) in [6.45, 7) is 6.40. The highest BCUT2D eigenvalue weighted by Crippen LogP contribution is 2.29. The van der Waals surface area contributed by atoms with Gasteiger partial charge in [-0.2, -0.15) is 5.10 Å². The van der Waals surface area contributed by atoms with Gasteiger partial charge in [0.15, 0.2) is 0 Å². The van der Waals surface area contributed by atoms with Crippen LogP contribution < -0.4 is 21.7 Å². The topological polar surface area (TPSA) is 179 Å². The number of amides is 3. The lowest BCUT2D eigenvalue weighted by atomic mass is 9.81. The molecule has 1 fully saturated rings. The Hall–Kier alpha value is -5.03. The highest BCUT2D eigenvalue weighted by molar-refractivity contribution is 6.06. The summed E-state index contributed by atoms with van der Waals surface area (Å²) in [5.41, 5.74) is 10.9. The number of anilines is 1. The lowest BCUT2D eigenvalue weighted by Gasteiger charge is -2.28. The Balaban J connectivity index is 1.35. The number of fused-ring (bicyclic) bond motifs is 1. The van der Waals surface area contributed by atoms with E-state index in [-0.39, 0.29) is 41.4 Å². The summed E-state index contributed by atoms with van der Waals surface area (Å²) in [7, 11) is 0. The zero-order valence-corrected chi connectivity index (χ0v) is 26.9. The van der Waals surface area contributed by atoms with Crippen LogP contribution in [0.1, 0.15) is 71.4 Å². The van der Waals surface area contributed by atoms with Crippen LogP contribution in [0.4, 0.5) is 5.69 Å². The molecule has 0 radical (unpaired) electrons. The first-order valence-corrected chi connectivity index (χ1v) is 16.0. The fraction of sp³-hybridized carbons (Fsp3) is 0.361. The number of aryl methyl sites for hydroxylation is 1. The van der Waals surface area contributed by atoms with Gasteiger partial charge in [0.05, 0.1) is 17.3 Å². The Morgan fingerprint density at radius 3 is 2.34 bits per heavy atom. The zero-order chi connectivity index (χ0) is 33.7. The number of benzene rings is 3. The Kier molecular flexibility index (Phi) is 10.4. The van der Waals surface area contributed by atoms with Crippen LogP contribution in [0.3, 0.4) is 0 Å². The molecule has 246 valence electrons. The van der Waals surface area contributed by atoms with E-state index in [1.54, 1.807) is 12.1 Å². The average Bonchev–Trinajstić information content (AvgIpc) is 3.52. The number of carboxylic acids is 1. The third-order valence-electron chi connectivity index (χ3n) is 8.85. The molecule has 1 heterocycles. The molecule has 11 nitrogen and oxygen atoms in total.